The van der Waals surface area contributed by atoms with E-state index in [0.29, 0.717) is 24.2 Å². The number of H-pyrrole nitrogens is 2. The van der Waals surface area contributed by atoms with Crippen LogP contribution in [0.15, 0.2) is 60.9 Å². The molecule has 41 heavy (non-hydrogen) atoms. The van der Waals surface area contributed by atoms with Crippen LogP contribution in [-0.4, -0.2) is 43.9 Å². The van der Waals surface area contributed by atoms with Crippen LogP contribution >= 0.6 is 0 Å². The molecule has 0 fully saturated rings. The summed E-state index contributed by atoms with van der Waals surface area (Å²) in [7, 11) is 0. The zero-order chi connectivity index (χ0) is 30.0. The lowest BCUT2D eigenvalue weighted by atomic mass is 10.0. The van der Waals surface area contributed by atoms with Crippen molar-refractivity contribution in [3.63, 3.8) is 0 Å². The number of carbonyl (C=O) groups excluding carboxylic acids is 2. The second-order valence-electron chi connectivity index (χ2n) is 9.45. The van der Waals surface area contributed by atoms with Gasteiger partial charge in [-0.05, 0) is 49.1 Å². The lowest BCUT2D eigenvalue weighted by Gasteiger charge is -2.17. The van der Waals surface area contributed by atoms with Crippen molar-refractivity contribution in [2.75, 3.05) is 0 Å². The summed E-state index contributed by atoms with van der Waals surface area (Å²) in [5.41, 5.74) is 3.41. The van der Waals surface area contributed by atoms with Gasteiger partial charge in [-0.2, -0.15) is 13.2 Å². The van der Waals surface area contributed by atoms with Crippen molar-refractivity contribution in [2.24, 2.45) is 0 Å². The van der Waals surface area contributed by atoms with Gasteiger partial charge in [0.25, 0.3) is 0 Å². The molecule has 0 bridgehead atoms. The quantitative estimate of drug-likeness (QED) is 0.124. The number of nitrogens with one attached hydrogen (secondary N) is 3. The highest BCUT2D eigenvalue weighted by Gasteiger charge is 2.38. The number of hydrogen-bond donors (Lipinski definition) is 4. The van der Waals surface area contributed by atoms with Crippen molar-refractivity contribution >= 4 is 28.6 Å². The molecule has 0 aliphatic carbocycles. The minimum absolute atomic E-state index is 0.128. The van der Waals surface area contributed by atoms with Crippen LogP contribution in [0.4, 0.5) is 17.6 Å². The Balaban J connectivity index is 0.000000587. The minimum Gasteiger partial charge on any atom is -0.475 e. The second-order valence-corrected chi connectivity index (χ2v) is 9.45. The molecular formula is C29H30F4N4O4. The van der Waals surface area contributed by atoms with E-state index in [0.717, 1.165) is 41.5 Å². The molecule has 4 N–H and O–H groups in total. The molecule has 4 aromatic rings. The molecule has 1 amide bonds. The molecule has 0 unspecified atom stereocenters. The number of imidazole rings is 1. The number of carboxylic acid groups (broad SMARTS) is 1. The number of aromatic amines is 2. The molecule has 2 heterocycles. The molecule has 0 saturated heterocycles. The van der Waals surface area contributed by atoms with Crippen LogP contribution in [0.5, 0.6) is 0 Å². The van der Waals surface area contributed by atoms with Gasteiger partial charge in [-0.3, -0.25) is 4.79 Å². The van der Waals surface area contributed by atoms with Crippen molar-refractivity contribution < 1.29 is 37.1 Å². The first-order valence-corrected chi connectivity index (χ1v) is 12.9. The van der Waals surface area contributed by atoms with E-state index < -0.39 is 12.1 Å². The van der Waals surface area contributed by atoms with E-state index in [-0.39, 0.29) is 30.0 Å². The summed E-state index contributed by atoms with van der Waals surface area (Å²) >= 11 is 0. The molecule has 1 atom stereocenters. The number of carbonyl (C=O) groups is 3. The maximum absolute atomic E-state index is 13.5. The lowest BCUT2D eigenvalue weighted by molar-refractivity contribution is -0.192. The molecule has 2 aromatic carbocycles. The van der Waals surface area contributed by atoms with E-state index in [1.165, 1.54) is 12.1 Å². The van der Waals surface area contributed by atoms with Gasteiger partial charge >= 0.3 is 12.1 Å². The van der Waals surface area contributed by atoms with E-state index >= 15 is 0 Å². The van der Waals surface area contributed by atoms with Gasteiger partial charge < -0.3 is 25.2 Å². The molecular weight excluding hydrogens is 544 g/mol. The number of aromatic nitrogens is 3. The van der Waals surface area contributed by atoms with E-state index in [4.69, 9.17) is 9.90 Å². The SMILES string of the molecule is CC(=O)CCCCC[C@H](NC(=O)Cc1c[nH]c2cc(F)ccc12)c1ncc(-c2ccccc2)[nH]1.O=C(O)C(F)(F)F. The number of ketones is 1. The van der Waals surface area contributed by atoms with Gasteiger partial charge in [-0.25, -0.2) is 14.2 Å². The smallest absolute Gasteiger partial charge is 0.475 e. The largest absolute Gasteiger partial charge is 0.490 e. The number of carboxylic acids is 1. The Morgan fingerprint density at radius 2 is 1.76 bits per heavy atom. The van der Waals surface area contributed by atoms with Crippen molar-refractivity contribution in [1.29, 1.82) is 0 Å². The Labute approximate surface area is 233 Å². The first-order valence-electron chi connectivity index (χ1n) is 12.9. The van der Waals surface area contributed by atoms with Crippen molar-refractivity contribution in [3.8, 4) is 11.3 Å². The first-order chi connectivity index (χ1) is 19.4. The average Bonchev–Trinajstić information content (AvgIpc) is 3.55. The molecule has 0 aliphatic rings. The summed E-state index contributed by atoms with van der Waals surface area (Å²) in [5, 5.41) is 11.1. The number of halogens is 4. The summed E-state index contributed by atoms with van der Waals surface area (Å²) in [6.07, 6.45) is 2.54. The number of benzene rings is 2. The van der Waals surface area contributed by atoms with E-state index in [1.54, 1.807) is 25.4 Å². The van der Waals surface area contributed by atoms with Crippen molar-refractivity contribution in [2.45, 2.75) is 57.7 Å². The predicted octanol–water partition coefficient (Wildman–Crippen LogP) is 6.27. The number of fused-ring (bicyclic) bond motifs is 1. The Bertz CT molecular complexity index is 1460. The van der Waals surface area contributed by atoms with Crippen LogP contribution in [0.3, 0.4) is 0 Å². The van der Waals surface area contributed by atoms with Gasteiger partial charge in [0.2, 0.25) is 5.91 Å². The van der Waals surface area contributed by atoms with Crippen molar-refractivity contribution in [1.82, 2.24) is 20.3 Å². The van der Waals surface area contributed by atoms with Gasteiger partial charge in [0.05, 0.1) is 24.4 Å². The Morgan fingerprint density at radius 3 is 2.41 bits per heavy atom. The molecule has 12 heteroatoms. The molecule has 0 radical (unpaired) electrons. The first kappa shape index (κ1) is 31.1. The fraction of sp³-hybridized carbons (Fsp3) is 0.310. The lowest BCUT2D eigenvalue weighted by Crippen LogP contribution is -2.30. The van der Waals surface area contributed by atoms with Crippen LogP contribution in [0.1, 0.15) is 56.5 Å². The fourth-order valence-corrected chi connectivity index (χ4v) is 4.18. The molecule has 0 aliphatic heterocycles. The third-order valence-electron chi connectivity index (χ3n) is 6.19. The monoisotopic (exact) mass is 574 g/mol. The van der Waals surface area contributed by atoms with Gasteiger partial charge in [0.1, 0.15) is 17.4 Å². The van der Waals surface area contributed by atoms with Crippen LogP contribution in [-0.2, 0) is 20.8 Å². The Hall–Kier alpha value is -4.48. The highest BCUT2D eigenvalue weighted by atomic mass is 19.4. The Kier molecular flexibility index (Phi) is 10.8. The number of amides is 1. The molecule has 8 nitrogen and oxygen atoms in total. The maximum atomic E-state index is 13.5. The van der Waals surface area contributed by atoms with Gasteiger partial charge in [0.15, 0.2) is 0 Å². The molecule has 0 spiro atoms. The second kappa shape index (κ2) is 14.2. The van der Waals surface area contributed by atoms with Gasteiger partial charge in [-0.15, -0.1) is 0 Å². The van der Waals surface area contributed by atoms with Gasteiger partial charge in [-0.1, -0.05) is 43.2 Å². The number of hydrogen-bond acceptors (Lipinski definition) is 4. The van der Waals surface area contributed by atoms with E-state index in [9.17, 15) is 27.2 Å². The Morgan fingerprint density at radius 1 is 1.05 bits per heavy atom. The number of Topliss-reactive ketones (excluding diaryl/α,β-unsaturated/α-hetero) is 1. The summed E-state index contributed by atoms with van der Waals surface area (Å²) in [4.78, 5) is 44.0. The highest BCUT2D eigenvalue weighted by molar-refractivity contribution is 5.89. The predicted molar refractivity (Wildman–Crippen MR) is 144 cm³/mol. The van der Waals surface area contributed by atoms with Crippen LogP contribution in [0.25, 0.3) is 22.2 Å². The van der Waals surface area contributed by atoms with E-state index in [2.05, 4.69) is 20.3 Å². The van der Waals surface area contributed by atoms with Crippen molar-refractivity contribution in [3.05, 3.63) is 78.1 Å². The third-order valence-corrected chi connectivity index (χ3v) is 6.19. The zero-order valence-corrected chi connectivity index (χ0v) is 22.2. The standard InChI is InChI=1S/C27H29FN4O2.C2HF3O2/c1-18(33)8-4-2-7-11-23(27-30-17-25(32-27)19-9-5-3-6-10-19)31-26(34)14-20-16-29-24-15-21(28)12-13-22(20)24;3-2(4,5)1(6)7/h3,5-6,9-10,12-13,15-17,23,29H,2,4,7-8,11,14H2,1H3,(H,30,32)(H,31,34);(H,6,7)/t23-;/m0./s1. The fourth-order valence-electron chi connectivity index (χ4n) is 4.18. The highest BCUT2D eigenvalue weighted by Crippen LogP contribution is 2.24. The number of unbranched alkanes of at least 4 members (excludes halogenated alkanes) is 2. The summed E-state index contributed by atoms with van der Waals surface area (Å²) in [6, 6.07) is 14.2. The zero-order valence-electron chi connectivity index (χ0n) is 22.2. The molecule has 4 rings (SSSR count). The van der Waals surface area contributed by atoms with E-state index in [1.807, 2.05) is 30.3 Å². The molecule has 2 aromatic heterocycles. The van der Waals surface area contributed by atoms with Crippen LogP contribution < -0.4 is 5.32 Å². The number of aliphatic carboxylic acids is 1. The maximum Gasteiger partial charge on any atom is 0.490 e. The third kappa shape index (κ3) is 9.59. The summed E-state index contributed by atoms with van der Waals surface area (Å²) in [5.74, 6) is -2.30. The minimum atomic E-state index is -5.08. The average molecular weight is 575 g/mol. The number of alkyl halides is 3. The molecule has 218 valence electrons. The summed E-state index contributed by atoms with van der Waals surface area (Å²) in [6.45, 7) is 1.61. The topological polar surface area (TPSA) is 128 Å². The summed E-state index contributed by atoms with van der Waals surface area (Å²) < 4.78 is 45.2. The number of nitrogens with zero attached hydrogens (tertiary/aromatic N) is 1. The van der Waals surface area contributed by atoms with Gasteiger partial charge in [0, 0.05) is 23.5 Å². The van der Waals surface area contributed by atoms with Crippen LogP contribution in [0, 0.1) is 5.82 Å². The normalized spacial score (nSPS) is 11.9. The van der Waals surface area contributed by atoms with Crippen LogP contribution in [0.2, 0.25) is 0 Å². The molecule has 0 saturated carbocycles. The number of rotatable bonds is 11.